The number of fused-ring (bicyclic) bond motifs is 1. The van der Waals surface area contributed by atoms with E-state index in [1.165, 1.54) is 4.57 Å². The van der Waals surface area contributed by atoms with Crippen LogP contribution in [0, 0.1) is 5.92 Å². The lowest BCUT2D eigenvalue weighted by Crippen LogP contribution is -2.38. The summed E-state index contributed by atoms with van der Waals surface area (Å²) < 4.78 is 48.7. The number of rotatable bonds is 7. The minimum atomic E-state index is -2.75. The number of nitrogens with zero attached hydrogens (tertiary/aromatic N) is 6. The maximum absolute atomic E-state index is 14.1. The van der Waals surface area contributed by atoms with Crippen LogP contribution in [0.2, 0.25) is 0 Å². The minimum Gasteiger partial charge on any atom is -0.378 e. The number of aromatic nitrogens is 4. The number of hydrogen-bond donors (Lipinski definition) is 1. The van der Waals surface area contributed by atoms with E-state index in [-0.39, 0.29) is 5.82 Å². The fourth-order valence-electron chi connectivity index (χ4n) is 6.00. The highest BCUT2D eigenvalue weighted by atomic mass is 19.3. The van der Waals surface area contributed by atoms with Crippen molar-refractivity contribution in [3.63, 3.8) is 0 Å². The second-order valence-corrected chi connectivity index (χ2v) is 10.5. The number of para-hydroxylation sites is 2. The van der Waals surface area contributed by atoms with E-state index < -0.39 is 12.6 Å². The summed E-state index contributed by atoms with van der Waals surface area (Å²) in [6.07, 6.45) is 1.52. The second kappa shape index (κ2) is 11.1. The summed E-state index contributed by atoms with van der Waals surface area (Å²) in [6.45, 7) is 4.58. The number of nitrogens with one attached hydrogen (secondary N) is 1. The Kier molecular flexibility index (Phi) is 7.38. The molecule has 0 radical (unpaired) electrons. The van der Waals surface area contributed by atoms with Crippen LogP contribution in [0.15, 0.2) is 30.3 Å². The van der Waals surface area contributed by atoms with E-state index in [2.05, 4.69) is 15.2 Å². The van der Waals surface area contributed by atoms with Crippen molar-refractivity contribution < 1.29 is 17.9 Å². The van der Waals surface area contributed by atoms with Crippen LogP contribution in [0.3, 0.4) is 0 Å². The smallest absolute Gasteiger partial charge is 0.296 e. The summed E-state index contributed by atoms with van der Waals surface area (Å²) in [5.41, 5.74) is 1.08. The van der Waals surface area contributed by atoms with Crippen LogP contribution in [0.1, 0.15) is 44.4 Å². The van der Waals surface area contributed by atoms with Crippen molar-refractivity contribution in [1.29, 1.82) is 0 Å². The highest BCUT2D eigenvalue weighted by Gasteiger charge is 2.31. The average Bonchev–Trinajstić information content (AvgIpc) is 3.56. The van der Waals surface area contributed by atoms with Gasteiger partial charge in [-0.25, -0.2) is 18.2 Å². The van der Waals surface area contributed by atoms with E-state index in [0.717, 1.165) is 38.8 Å². The zero-order valence-electron chi connectivity index (χ0n) is 21.4. The summed E-state index contributed by atoms with van der Waals surface area (Å²) >= 11 is 0. The van der Waals surface area contributed by atoms with Gasteiger partial charge in [-0.15, -0.1) is 0 Å². The SMILES string of the molecule is FC1CCN(C2CCC(CNc3cc(-n4c(C(F)F)nc5ccccc54)nc(N4CCOCC4)n3)CC2)C1. The van der Waals surface area contributed by atoms with Crippen LogP contribution in [0.25, 0.3) is 16.9 Å². The molecule has 3 aliphatic rings. The zero-order chi connectivity index (χ0) is 26.1. The molecule has 2 aliphatic heterocycles. The molecule has 1 saturated carbocycles. The van der Waals surface area contributed by atoms with Gasteiger partial charge >= 0.3 is 0 Å². The predicted octanol–water partition coefficient (Wildman–Crippen LogP) is 4.60. The minimum absolute atomic E-state index is 0.334. The topological polar surface area (TPSA) is 71.3 Å². The maximum atomic E-state index is 14.1. The van der Waals surface area contributed by atoms with Crippen LogP contribution in [-0.4, -0.2) is 82.6 Å². The van der Waals surface area contributed by atoms with Gasteiger partial charge in [-0.1, -0.05) is 12.1 Å². The van der Waals surface area contributed by atoms with E-state index in [1.54, 1.807) is 24.3 Å². The lowest BCUT2D eigenvalue weighted by atomic mass is 9.85. The molecule has 11 heteroatoms. The lowest BCUT2D eigenvalue weighted by Gasteiger charge is -2.34. The first-order valence-corrected chi connectivity index (χ1v) is 13.6. The average molecular weight is 530 g/mol. The first-order valence-electron chi connectivity index (χ1n) is 13.6. The van der Waals surface area contributed by atoms with Crippen LogP contribution in [0.4, 0.5) is 24.9 Å². The first kappa shape index (κ1) is 25.4. The van der Waals surface area contributed by atoms with Gasteiger partial charge in [0, 0.05) is 44.8 Å². The van der Waals surface area contributed by atoms with Gasteiger partial charge in [0.25, 0.3) is 6.43 Å². The standard InChI is InChI=1S/C27H34F3N7O/c28-19-9-10-36(17-19)20-7-5-18(6-8-20)16-31-23-15-24(34-27(33-23)35-11-13-38-14-12-35)37-22-4-2-1-3-21(22)32-26(37)25(29)30/h1-4,15,18-20,25H,5-14,16-17H2,(H,31,33,34). The van der Waals surface area contributed by atoms with E-state index in [1.807, 2.05) is 11.0 Å². The second-order valence-electron chi connectivity index (χ2n) is 10.5. The Bertz CT molecular complexity index is 1240. The Morgan fingerprint density at radius 1 is 0.974 bits per heavy atom. The molecule has 4 heterocycles. The number of hydrogen-bond acceptors (Lipinski definition) is 7. The molecule has 8 nitrogen and oxygen atoms in total. The van der Waals surface area contributed by atoms with Gasteiger partial charge in [0.1, 0.15) is 17.8 Å². The Morgan fingerprint density at radius 2 is 1.76 bits per heavy atom. The molecule has 1 aliphatic carbocycles. The largest absolute Gasteiger partial charge is 0.378 e. The number of anilines is 2. The van der Waals surface area contributed by atoms with Gasteiger partial charge in [0.2, 0.25) is 5.95 Å². The Labute approximate surface area is 220 Å². The van der Waals surface area contributed by atoms with Crippen LogP contribution >= 0.6 is 0 Å². The number of halogens is 3. The van der Waals surface area contributed by atoms with Gasteiger partial charge < -0.3 is 15.0 Å². The Balaban J connectivity index is 1.24. The Hall–Kier alpha value is -2.92. The van der Waals surface area contributed by atoms with Gasteiger partial charge in [0.15, 0.2) is 5.82 Å². The summed E-state index contributed by atoms with van der Waals surface area (Å²) in [5, 5.41) is 3.48. The number of benzene rings is 1. The molecule has 2 aromatic heterocycles. The van der Waals surface area contributed by atoms with Gasteiger partial charge in [-0.05, 0) is 50.2 Å². The number of ether oxygens (including phenoxy) is 1. The Morgan fingerprint density at radius 3 is 2.50 bits per heavy atom. The van der Waals surface area contributed by atoms with Crippen molar-refractivity contribution in [3.8, 4) is 5.82 Å². The molecule has 0 spiro atoms. The van der Waals surface area contributed by atoms with Gasteiger partial charge in [-0.3, -0.25) is 9.47 Å². The molecule has 38 heavy (non-hydrogen) atoms. The van der Waals surface area contributed by atoms with Crippen molar-refractivity contribution in [1.82, 2.24) is 24.4 Å². The van der Waals surface area contributed by atoms with Crippen molar-refractivity contribution in [3.05, 3.63) is 36.2 Å². The molecule has 3 aromatic rings. The lowest BCUT2D eigenvalue weighted by molar-refractivity contribution is 0.122. The molecule has 1 unspecified atom stereocenters. The van der Waals surface area contributed by atoms with E-state index in [4.69, 9.17) is 14.7 Å². The van der Waals surface area contributed by atoms with Gasteiger partial charge in [-0.2, -0.15) is 9.97 Å². The van der Waals surface area contributed by atoms with Crippen molar-refractivity contribution in [2.45, 2.75) is 50.7 Å². The third-order valence-electron chi connectivity index (χ3n) is 8.07. The van der Waals surface area contributed by atoms with Gasteiger partial charge in [0.05, 0.1) is 24.2 Å². The molecule has 0 bridgehead atoms. The summed E-state index contributed by atoms with van der Waals surface area (Å²) in [7, 11) is 0. The molecular formula is C27H34F3N7O. The normalized spacial score (nSPS) is 24.9. The predicted molar refractivity (Wildman–Crippen MR) is 140 cm³/mol. The number of morpholine rings is 1. The number of alkyl halides is 3. The number of imidazole rings is 1. The highest BCUT2D eigenvalue weighted by molar-refractivity contribution is 5.78. The van der Waals surface area contributed by atoms with E-state index in [0.29, 0.717) is 79.8 Å². The maximum Gasteiger partial charge on any atom is 0.296 e. The van der Waals surface area contributed by atoms with Crippen molar-refractivity contribution >= 4 is 22.8 Å². The molecule has 204 valence electrons. The summed E-state index contributed by atoms with van der Waals surface area (Å²) in [4.78, 5) is 18.0. The molecule has 1 N–H and O–H groups in total. The molecule has 2 saturated heterocycles. The summed E-state index contributed by atoms with van der Waals surface area (Å²) in [5.74, 6) is 1.61. The van der Waals surface area contributed by atoms with Crippen LogP contribution in [-0.2, 0) is 4.74 Å². The fourth-order valence-corrected chi connectivity index (χ4v) is 6.00. The van der Waals surface area contributed by atoms with Crippen molar-refractivity contribution in [2.75, 3.05) is 56.2 Å². The quantitative estimate of drug-likeness (QED) is 0.480. The molecule has 3 fully saturated rings. The molecule has 1 atom stereocenters. The molecular weight excluding hydrogens is 495 g/mol. The zero-order valence-corrected chi connectivity index (χ0v) is 21.4. The third kappa shape index (κ3) is 5.31. The van der Waals surface area contributed by atoms with E-state index >= 15 is 0 Å². The van der Waals surface area contributed by atoms with Crippen LogP contribution in [0.5, 0.6) is 0 Å². The monoisotopic (exact) mass is 529 g/mol. The molecule has 1 aromatic carbocycles. The van der Waals surface area contributed by atoms with Crippen LogP contribution < -0.4 is 10.2 Å². The first-order chi connectivity index (χ1) is 18.5. The van der Waals surface area contributed by atoms with E-state index in [9.17, 15) is 13.2 Å². The molecule has 0 amide bonds. The third-order valence-corrected chi connectivity index (χ3v) is 8.07. The molecule has 6 rings (SSSR count). The highest BCUT2D eigenvalue weighted by Crippen LogP contribution is 2.32. The fraction of sp³-hybridized carbons (Fsp3) is 0.593. The van der Waals surface area contributed by atoms with Crippen molar-refractivity contribution in [2.24, 2.45) is 5.92 Å². The summed E-state index contributed by atoms with van der Waals surface area (Å²) in [6, 6.07) is 9.32. The number of likely N-dealkylation sites (tertiary alicyclic amines) is 1.